The summed E-state index contributed by atoms with van der Waals surface area (Å²) >= 11 is 0. The van der Waals surface area contributed by atoms with Gasteiger partial charge in [-0.25, -0.2) is 14.0 Å². The van der Waals surface area contributed by atoms with Crippen LogP contribution in [0.1, 0.15) is 0 Å². The van der Waals surface area contributed by atoms with E-state index >= 15 is 4.39 Å². The largest absolute Gasteiger partial charge is 0.490 e. The summed E-state index contributed by atoms with van der Waals surface area (Å²) in [6.45, 7) is 7.87. The van der Waals surface area contributed by atoms with E-state index < -0.39 is 11.9 Å². The van der Waals surface area contributed by atoms with Crippen molar-refractivity contribution in [2.75, 3.05) is 53.9 Å². The van der Waals surface area contributed by atoms with Gasteiger partial charge < -0.3 is 28.4 Å². The molecule has 216 valence electrons. The first-order chi connectivity index (χ1) is 19.8. The first-order valence-electron chi connectivity index (χ1n) is 12.8. The monoisotopic (exact) mass is 564 g/mol. The minimum atomic E-state index is -0.532. The smallest absolute Gasteiger partial charge is 0.335 e. The molecule has 0 spiro atoms. The lowest BCUT2D eigenvalue weighted by Crippen LogP contribution is -2.15. The lowest BCUT2D eigenvalue weighted by atomic mass is 9.99. The average molecular weight is 565 g/mol. The minimum absolute atomic E-state index is 0.0632. The van der Waals surface area contributed by atoms with Gasteiger partial charge in [-0.2, -0.15) is 0 Å². The predicted octanol–water partition coefficient (Wildman–Crippen LogP) is 5.41. The molecule has 3 aromatic carbocycles. The topological polar surface area (TPSA) is 89.5 Å². The predicted molar refractivity (Wildman–Crippen MR) is 152 cm³/mol. The van der Waals surface area contributed by atoms with Gasteiger partial charge in [-0.05, 0) is 47.0 Å². The number of benzene rings is 3. The molecule has 9 heteroatoms. The van der Waals surface area contributed by atoms with Gasteiger partial charge in [0.15, 0.2) is 0 Å². The van der Waals surface area contributed by atoms with Crippen LogP contribution in [0.3, 0.4) is 0 Å². The second-order valence-corrected chi connectivity index (χ2v) is 8.79. The number of methoxy groups -OCH3 is 2. The van der Waals surface area contributed by atoms with Gasteiger partial charge >= 0.3 is 11.9 Å². The highest BCUT2D eigenvalue weighted by Gasteiger charge is 2.11. The Labute approximate surface area is 238 Å². The van der Waals surface area contributed by atoms with E-state index in [-0.39, 0.29) is 56.6 Å². The number of halogens is 1. The normalized spacial score (nSPS) is 10.5. The van der Waals surface area contributed by atoms with Crippen LogP contribution in [0, 0.1) is 5.82 Å². The fourth-order valence-electron chi connectivity index (χ4n) is 3.66. The van der Waals surface area contributed by atoms with Crippen LogP contribution in [0.2, 0.25) is 0 Å². The third kappa shape index (κ3) is 9.59. The van der Waals surface area contributed by atoms with Gasteiger partial charge in [0.25, 0.3) is 0 Å². The molecule has 0 radical (unpaired) electrons. The molecule has 0 atom stereocenters. The summed E-state index contributed by atoms with van der Waals surface area (Å²) in [5.74, 6) is -0.266. The second kappa shape index (κ2) is 16.0. The molecule has 0 unspecified atom stereocenters. The third-order valence-corrected chi connectivity index (χ3v) is 5.71. The zero-order valence-corrected chi connectivity index (χ0v) is 23.2. The molecule has 0 saturated carbocycles. The molecule has 0 saturated heterocycles. The van der Waals surface area contributed by atoms with Gasteiger partial charge in [-0.1, -0.05) is 49.6 Å². The van der Waals surface area contributed by atoms with Gasteiger partial charge in [-0.3, -0.25) is 0 Å². The Balaban J connectivity index is 1.49. The molecule has 0 aliphatic carbocycles. The molecule has 0 N–H and O–H groups in total. The highest BCUT2D eigenvalue weighted by atomic mass is 19.1. The maximum Gasteiger partial charge on any atom is 0.335 e. The van der Waals surface area contributed by atoms with Crippen molar-refractivity contribution in [1.29, 1.82) is 0 Å². The summed E-state index contributed by atoms with van der Waals surface area (Å²) in [6, 6.07) is 19.2. The summed E-state index contributed by atoms with van der Waals surface area (Å²) in [7, 11) is 2.94. The fraction of sp³-hybridized carbons (Fsp3) is 0.250. The van der Waals surface area contributed by atoms with Crippen molar-refractivity contribution in [3.05, 3.63) is 96.9 Å². The van der Waals surface area contributed by atoms with Crippen molar-refractivity contribution in [3.8, 4) is 33.8 Å². The molecular weight excluding hydrogens is 531 g/mol. The quantitative estimate of drug-likeness (QED) is 0.130. The maximum absolute atomic E-state index is 15.0. The van der Waals surface area contributed by atoms with Crippen molar-refractivity contribution in [2.24, 2.45) is 0 Å². The molecule has 8 nitrogen and oxygen atoms in total. The molecule has 0 heterocycles. The Hall–Kier alpha value is -4.47. The number of hydrogen-bond acceptors (Lipinski definition) is 8. The van der Waals surface area contributed by atoms with Gasteiger partial charge in [-0.15, -0.1) is 0 Å². The van der Waals surface area contributed by atoms with Crippen molar-refractivity contribution in [1.82, 2.24) is 0 Å². The number of ether oxygens (including phenoxy) is 6. The summed E-state index contributed by atoms with van der Waals surface area (Å²) in [5.41, 5.74) is 3.15. The number of hydrogen-bond donors (Lipinski definition) is 0. The highest BCUT2D eigenvalue weighted by molar-refractivity contribution is 5.88. The van der Waals surface area contributed by atoms with E-state index in [1.54, 1.807) is 42.5 Å². The van der Waals surface area contributed by atoms with E-state index in [9.17, 15) is 9.59 Å². The van der Waals surface area contributed by atoms with E-state index in [2.05, 4.69) is 13.2 Å². The van der Waals surface area contributed by atoms with Crippen LogP contribution < -0.4 is 9.47 Å². The van der Waals surface area contributed by atoms with Gasteiger partial charge in [0.05, 0.1) is 24.4 Å². The lowest BCUT2D eigenvalue weighted by Gasteiger charge is -2.11. The van der Waals surface area contributed by atoms with Crippen molar-refractivity contribution in [3.63, 3.8) is 0 Å². The molecule has 0 bridgehead atoms. The number of esters is 2. The van der Waals surface area contributed by atoms with Gasteiger partial charge in [0.2, 0.25) is 0 Å². The van der Waals surface area contributed by atoms with Gasteiger partial charge in [0, 0.05) is 19.8 Å². The Morgan fingerprint density at radius 3 is 1.51 bits per heavy atom. The Morgan fingerprint density at radius 1 is 0.634 bits per heavy atom. The highest BCUT2D eigenvalue weighted by Crippen LogP contribution is 2.30. The molecule has 0 fully saturated rings. The number of rotatable bonds is 16. The molecule has 41 heavy (non-hydrogen) atoms. The summed E-state index contributed by atoms with van der Waals surface area (Å²) < 4.78 is 46.1. The van der Waals surface area contributed by atoms with E-state index in [1.165, 1.54) is 20.3 Å². The minimum Gasteiger partial charge on any atom is -0.490 e. The maximum atomic E-state index is 15.0. The van der Waals surface area contributed by atoms with Crippen LogP contribution in [0.5, 0.6) is 11.5 Å². The molecule has 3 rings (SSSR count). The van der Waals surface area contributed by atoms with Crippen molar-refractivity contribution in [2.45, 2.75) is 0 Å². The summed E-state index contributed by atoms with van der Waals surface area (Å²) in [4.78, 5) is 23.4. The van der Waals surface area contributed by atoms with Crippen molar-refractivity contribution < 1.29 is 42.4 Å². The van der Waals surface area contributed by atoms with Crippen LogP contribution in [0.15, 0.2) is 91.0 Å². The standard InChI is InChI=1S/C32H33FO8/c1-22(20-36-3)31(34)40-17-15-38-27-10-5-24(6-11-27)26-9-14-29(30(33)19-26)25-7-12-28(13-8-25)39-16-18-41-32(35)23(2)21-37-4/h5-14,19H,1-2,15-18,20-21H2,3-4H3. The zero-order valence-electron chi connectivity index (χ0n) is 23.2. The number of carbonyl (C=O) groups is 2. The van der Waals surface area contributed by atoms with E-state index in [4.69, 9.17) is 28.4 Å². The first kappa shape index (κ1) is 31.1. The van der Waals surface area contributed by atoms with Crippen LogP contribution in [0.25, 0.3) is 22.3 Å². The Kier molecular flexibility index (Phi) is 12.1. The van der Waals surface area contributed by atoms with E-state index in [0.29, 0.717) is 28.2 Å². The van der Waals surface area contributed by atoms with E-state index in [0.717, 1.165) is 5.56 Å². The molecule has 0 amide bonds. The molecule has 0 aliphatic rings. The average Bonchev–Trinajstić information content (AvgIpc) is 2.98. The van der Waals surface area contributed by atoms with Crippen LogP contribution in [0.4, 0.5) is 4.39 Å². The molecule has 3 aromatic rings. The second-order valence-electron chi connectivity index (χ2n) is 8.79. The first-order valence-corrected chi connectivity index (χ1v) is 12.8. The van der Waals surface area contributed by atoms with Crippen LogP contribution in [-0.4, -0.2) is 65.8 Å². The molecule has 0 aliphatic heterocycles. The Bertz CT molecular complexity index is 1330. The Morgan fingerprint density at radius 2 is 1.07 bits per heavy atom. The third-order valence-electron chi connectivity index (χ3n) is 5.71. The number of carbonyl (C=O) groups excluding carboxylic acids is 2. The molecule has 0 aromatic heterocycles. The lowest BCUT2D eigenvalue weighted by molar-refractivity contribution is -0.141. The van der Waals surface area contributed by atoms with Gasteiger partial charge in [0.1, 0.15) is 43.7 Å². The SMILES string of the molecule is C=C(COC)C(=O)OCCOc1ccc(-c2ccc(-c3ccc(OCCOC(=O)C(=C)COC)cc3)c(F)c2)cc1. The molecular formula is C32H33FO8. The fourth-order valence-corrected chi connectivity index (χ4v) is 3.66. The summed E-state index contributed by atoms with van der Waals surface area (Å²) in [5, 5.41) is 0. The van der Waals surface area contributed by atoms with E-state index in [1.807, 2.05) is 18.2 Å². The van der Waals surface area contributed by atoms with Crippen LogP contribution in [-0.2, 0) is 28.5 Å². The van der Waals surface area contributed by atoms with Crippen LogP contribution >= 0.6 is 0 Å². The summed E-state index contributed by atoms with van der Waals surface area (Å²) in [6.07, 6.45) is 0. The zero-order chi connectivity index (χ0) is 29.6. The van der Waals surface area contributed by atoms with Crippen molar-refractivity contribution >= 4 is 11.9 Å².